The number of nitrogens with one attached hydrogen (secondary N) is 1. The average molecular weight is 278 g/mol. The van der Waals surface area contributed by atoms with Crippen LogP contribution in [0.15, 0.2) is 6.33 Å². The van der Waals surface area contributed by atoms with Gasteiger partial charge in [-0.1, -0.05) is 6.92 Å². The van der Waals surface area contributed by atoms with E-state index in [2.05, 4.69) is 43.0 Å². The molecule has 104 valence electrons. The summed E-state index contributed by atoms with van der Waals surface area (Å²) in [6, 6.07) is 0. The van der Waals surface area contributed by atoms with Crippen LogP contribution in [0.1, 0.15) is 37.1 Å². The standard InChI is InChI=1S/C14H22N4S/c1-5-14(4,6-7-15)18-12-11-9(2)10(3)19-13(11)17-8-16-12/h8H,5-7,15H2,1-4H3,(H,16,17,18). The minimum Gasteiger partial charge on any atom is -0.364 e. The summed E-state index contributed by atoms with van der Waals surface area (Å²) in [7, 11) is 0. The lowest BCUT2D eigenvalue weighted by atomic mass is 9.94. The number of anilines is 1. The van der Waals surface area contributed by atoms with E-state index >= 15 is 0 Å². The van der Waals surface area contributed by atoms with Gasteiger partial charge in [0, 0.05) is 10.4 Å². The molecule has 2 rings (SSSR count). The van der Waals surface area contributed by atoms with Crippen LogP contribution in [0.4, 0.5) is 5.82 Å². The maximum absolute atomic E-state index is 5.72. The van der Waals surface area contributed by atoms with Crippen LogP contribution < -0.4 is 11.1 Å². The molecule has 0 bridgehead atoms. The number of fused-ring (bicyclic) bond motifs is 1. The monoisotopic (exact) mass is 278 g/mol. The molecule has 0 spiro atoms. The number of hydrogen-bond donors (Lipinski definition) is 2. The first kappa shape index (κ1) is 14.2. The molecule has 5 heteroatoms. The fourth-order valence-electron chi connectivity index (χ4n) is 2.21. The van der Waals surface area contributed by atoms with Crippen LogP contribution in [0, 0.1) is 13.8 Å². The topological polar surface area (TPSA) is 63.8 Å². The van der Waals surface area contributed by atoms with E-state index < -0.39 is 0 Å². The van der Waals surface area contributed by atoms with Gasteiger partial charge >= 0.3 is 0 Å². The van der Waals surface area contributed by atoms with Gasteiger partial charge in [0.1, 0.15) is 17.0 Å². The van der Waals surface area contributed by atoms with Crippen molar-refractivity contribution in [1.82, 2.24) is 9.97 Å². The smallest absolute Gasteiger partial charge is 0.138 e. The number of nitrogens with two attached hydrogens (primary N) is 1. The Bertz CT molecular complexity index is 578. The van der Waals surface area contributed by atoms with Gasteiger partial charge in [-0.3, -0.25) is 0 Å². The van der Waals surface area contributed by atoms with Gasteiger partial charge < -0.3 is 11.1 Å². The summed E-state index contributed by atoms with van der Waals surface area (Å²) in [4.78, 5) is 11.2. The number of hydrogen-bond acceptors (Lipinski definition) is 5. The van der Waals surface area contributed by atoms with Gasteiger partial charge in [0.15, 0.2) is 0 Å². The van der Waals surface area contributed by atoms with E-state index in [0.717, 1.165) is 28.9 Å². The number of nitrogens with zero attached hydrogens (tertiary/aromatic N) is 2. The second-order valence-corrected chi connectivity index (χ2v) is 6.47. The van der Waals surface area contributed by atoms with Gasteiger partial charge in [-0.2, -0.15) is 0 Å². The summed E-state index contributed by atoms with van der Waals surface area (Å²) < 4.78 is 0. The lowest BCUT2D eigenvalue weighted by molar-refractivity contribution is 0.462. The van der Waals surface area contributed by atoms with Crippen molar-refractivity contribution in [2.75, 3.05) is 11.9 Å². The molecule has 0 saturated carbocycles. The van der Waals surface area contributed by atoms with Crippen LogP contribution in [0.25, 0.3) is 10.2 Å². The highest BCUT2D eigenvalue weighted by Crippen LogP contribution is 2.34. The van der Waals surface area contributed by atoms with Gasteiger partial charge in [0.25, 0.3) is 0 Å². The molecule has 0 fully saturated rings. The number of aryl methyl sites for hydroxylation is 2. The number of rotatable bonds is 5. The highest BCUT2D eigenvalue weighted by Gasteiger charge is 2.23. The molecule has 0 aromatic carbocycles. The van der Waals surface area contributed by atoms with Gasteiger partial charge in [0.05, 0.1) is 5.39 Å². The van der Waals surface area contributed by atoms with E-state index in [1.54, 1.807) is 17.7 Å². The van der Waals surface area contributed by atoms with Crippen LogP contribution in [0.3, 0.4) is 0 Å². The molecule has 0 aliphatic carbocycles. The van der Waals surface area contributed by atoms with E-state index in [9.17, 15) is 0 Å². The van der Waals surface area contributed by atoms with E-state index in [0.29, 0.717) is 6.54 Å². The Hall–Kier alpha value is -1.20. The first-order valence-corrected chi connectivity index (χ1v) is 7.51. The molecule has 0 aliphatic heterocycles. The van der Waals surface area contributed by atoms with Crippen LogP contribution in [-0.2, 0) is 0 Å². The Balaban J connectivity index is 2.45. The summed E-state index contributed by atoms with van der Waals surface area (Å²) >= 11 is 1.72. The molecule has 1 unspecified atom stereocenters. The van der Waals surface area contributed by atoms with E-state index in [1.807, 2.05) is 0 Å². The van der Waals surface area contributed by atoms with Gasteiger partial charge in [-0.05, 0) is 45.7 Å². The normalized spacial score (nSPS) is 14.6. The molecule has 19 heavy (non-hydrogen) atoms. The molecular weight excluding hydrogens is 256 g/mol. The molecule has 1 atom stereocenters. The zero-order chi connectivity index (χ0) is 14.0. The summed E-state index contributed by atoms with van der Waals surface area (Å²) in [5, 5.41) is 4.73. The molecule has 2 aromatic rings. The lowest BCUT2D eigenvalue weighted by Crippen LogP contribution is -2.36. The lowest BCUT2D eigenvalue weighted by Gasteiger charge is -2.30. The Morgan fingerprint density at radius 1 is 1.37 bits per heavy atom. The number of thiophene rings is 1. The van der Waals surface area contributed by atoms with Crippen molar-refractivity contribution in [2.45, 2.75) is 46.1 Å². The first-order valence-electron chi connectivity index (χ1n) is 6.69. The summed E-state index contributed by atoms with van der Waals surface area (Å²) in [5.41, 5.74) is 6.98. The van der Waals surface area contributed by atoms with Crippen LogP contribution >= 0.6 is 11.3 Å². The van der Waals surface area contributed by atoms with Crippen molar-refractivity contribution in [3.63, 3.8) is 0 Å². The molecule has 0 radical (unpaired) electrons. The van der Waals surface area contributed by atoms with Crippen LogP contribution in [0.5, 0.6) is 0 Å². The van der Waals surface area contributed by atoms with Crippen molar-refractivity contribution in [3.8, 4) is 0 Å². The maximum atomic E-state index is 5.72. The molecular formula is C14H22N4S. The quantitative estimate of drug-likeness (QED) is 0.881. The third-order valence-corrected chi connectivity index (χ3v) is 4.98. The van der Waals surface area contributed by atoms with Crippen LogP contribution in [0.2, 0.25) is 0 Å². The predicted molar refractivity (Wildman–Crippen MR) is 82.9 cm³/mol. The van der Waals surface area contributed by atoms with E-state index in [-0.39, 0.29) is 5.54 Å². The van der Waals surface area contributed by atoms with Crippen molar-refractivity contribution in [2.24, 2.45) is 5.73 Å². The second kappa shape index (κ2) is 5.43. The van der Waals surface area contributed by atoms with Crippen LogP contribution in [-0.4, -0.2) is 22.1 Å². The first-order chi connectivity index (χ1) is 9.00. The Morgan fingerprint density at radius 3 is 2.74 bits per heavy atom. The Kier molecular flexibility index (Phi) is 4.06. The second-order valence-electron chi connectivity index (χ2n) is 5.26. The van der Waals surface area contributed by atoms with E-state index in [4.69, 9.17) is 5.73 Å². The maximum Gasteiger partial charge on any atom is 0.138 e. The average Bonchev–Trinajstić information content (AvgIpc) is 2.66. The van der Waals surface area contributed by atoms with Gasteiger partial charge in [-0.15, -0.1) is 11.3 Å². The molecule has 0 amide bonds. The molecule has 4 nitrogen and oxygen atoms in total. The highest BCUT2D eigenvalue weighted by atomic mass is 32.1. The van der Waals surface area contributed by atoms with Crippen molar-refractivity contribution in [1.29, 1.82) is 0 Å². The molecule has 0 saturated heterocycles. The minimum atomic E-state index is -0.0156. The summed E-state index contributed by atoms with van der Waals surface area (Å²) in [6.45, 7) is 9.31. The third-order valence-electron chi connectivity index (χ3n) is 3.86. The molecule has 2 aromatic heterocycles. The fourth-order valence-corrected chi connectivity index (χ4v) is 3.21. The fraction of sp³-hybridized carbons (Fsp3) is 0.571. The van der Waals surface area contributed by atoms with Crippen molar-refractivity contribution in [3.05, 3.63) is 16.8 Å². The van der Waals surface area contributed by atoms with Gasteiger partial charge in [0.2, 0.25) is 0 Å². The minimum absolute atomic E-state index is 0.0156. The van der Waals surface area contributed by atoms with E-state index in [1.165, 1.54) is 10.4 Å². The largest absolute Gasteiger partial charge is 0.364 e. The summed E-state index contributed by atoms with van der Waals surface area (Å²) in [6.07, 6.45) is 3.58. The molecule has 0 aliphatic rings. The third kappa shape index (κ3) is 2.72. The van der Waals surface area contributed by atoms with Crippen molar-refractivity contribution < 1.29 is 0 Å². The zero-order valence-corrected chi connectivity index (χ0v) is 12.9. The summed E-state index contributed by atoms with van der Waals surface area (Å²) in [5.74, 6) is 0.935. The Labute approximate surface area is 118 Å². The SMILES string of the molecule is CCC(C)(CCN)Nc1ncnc2sc(C)c(C)c12. The zero-order valence-electron chi connectivity index (χ0n) is 12.1. The predicted octanol–water partition coefficient (Wildman–Crippen LogP) is 3.24. The Morgan fingerprint density at radius 2 is 2.11 bits per heavy atom. The highest BCUT2D eigenvalue weighted by molar-refractivity contribution is 7.18. The number of aromatic nitrogens is 2. The molecule has 3 N–H and O–H groups in total. The molecule has 2 heterocycles. The van der Waals surface area contributed by atoms with Crippen molar-refractivity contribution >= 4 is 27.4 Å². The van der Waals surface area contributed by atoms with Gasteiger partial charge in [-0.25, -0.2) is 9.97 Å².